The van der Waals surface area contributed by atoms with Crippen LogP contribution in [0, 0.1) is 5.41 Å². The molecule has 2 rings (SSSR count). The Morgan fingerprint density at radius 3 is 2.53 bits per heavy atom. The highest BCUT2D eigenvalue weighted by Crippen LogP contribution is 2.32. The molecule has 0 aromatic heterocycles. The molecule has 1 aliphatic rings. The Bertz CT molecular complexity index is 423. The fraction of sp³-hybridized carbons (Fsp3) is 0.625. The number of ether oxygens (including phenoxy) is 2. The first-order valence-electron chi connectivity index (χ1n) is 7.09. The SMILES string of the molecule is CC(NCC(C)(C)C)c1ccc2c(c1)OCCCO2. The van der Waals surface area contributed by atoms with Gasteiger partial charge >= 0.3 is 0 Å². The number of hydrogen-bond donors (Lipinski definition) is 1. The van der Waals surface area contributed by atoms with Gasteiger partial charge < -0.3 is 14.8 Å². The minimum Gasteiger partial charge on any atom is -0.490 e. The largest absolute Gasteiger partial charge is 0.490 e. The Labute approximate surface area is 116 Å². The van der Waals surface area contributed by atoms with E-state index in [2.05, 4.69) is 45.1 Å². The molecule has 1 N–H and O–H groups in total. The quantitative estimate of drug-likeness (QED) is 0.904. The summed E-state index contributed by atoms with van der Waals surface area (Å²) in [4.78, 5) is 0. The molecule has 1 unspecified atom stereocenters. The topological polar surface area (TPSA) is 30.5 Å². The highest BCUT2D eigenvalue weighted by atomic mass is 16.5. The average molecular weight is 263 g/mol. The molecule has 0 radical (unpaired) electrons. The van der Waals surface area contributed by atoms with Crippen molar-refractivity contribution in [3.63, 3.8) is 0 Å². The van der Waals surface area contributed by atoms with Crippen molar-refractivity contribution < 1.29 is 9.47 Å². The van der Waals surface area contributed by atoms with Crippen LogP contribution in [0.3, 0.4) is 0 Å². The summed E-state index contributed by atoms with van der Waals surface area (Å²) in [5, 5.41) is 3.56. The van der Waals surface area contributed by atoms with Crippen molar-refractivity contribution >= 4 is 0 Å². The van der Waals surface area contributed by atoms with Crippen LogP contribution in [0.25, 0.3) is 0 Å². The van der Waals surface area contributed by atoms with Crippen LogP contribution in [0.1, 0.15) is 45.7 Å². The van der Waals surface area contributed by atoms with Crippen molar-refractivity contribution in [3.05, 3.63) is 23.8 Å². The zero-order valence-electron chi connectivity index (χ0n) is 12.5. The number of rotatable bonds is 3. The second-order valence-corrected chi connectivity index (χ2v) is 6.42. The molecule has 19 heavy (non-hydrogen) atoms. The summed E-state index contributed by atoms with van der Waals surface area (Å²) in [6.07, 6.45) is 0.946. The van der Waals surface area contributed by atoms with E-state index in [9.17, 15) is 0 Å². The highest BCUT2D eigenvalue weighted by molar-refractivity contribution is 5.44. The molecule has 0 bridgehead atoms. The summed E-state index contributed by atoms with van der Waals surface area (Å²) in [5.41, 5.74) is 1.54. The van der Waals surface area contributed by atoms with Crippen LogP contribution in [-0.4, -0.2) is 19.8 Å². The normalized spacial score (nSPS) is 16.8. The highest BCUT2D eigenvalue weighted by Gasteiger charge is 2.15. The van der Waals surface area contributed by atoms with E-state index in [1.807, 2.05) is 6.07 Å². The maximum absolute atomic E-state index is 5.73. The zero-order valence-corrected chi connectivity index (χ0v) is 12.5. The summed E-state index contributed by atoms with van der Waals surface area (Å²) in [7, 11) is 0. The molecule has 3 nitrogen and oxygen atoms in total. The summed E-state index contributed by atoms with van der Waals surface area (Å²) >= 11 is 0. The molecule has 1 heterocycles. The number of benzene rings is 1. The number of nitrogens with one attached hydrogen (secondary N) is 1. The fourth-order valence-electron chi connectivity index (χ4n) is 2.03. The third kappa shape index (κ3) is 4.13. The van der Waals surface area contributed by atoms with Crippen molar-refractivity contribution in [3.8, 4) is 11.5 Å². The van der Waals surface area contributed by atoms with Crippen LogP contribution >= 0.6 is 0 Å². The lowest BCUT2D eigenvalue weighted by molar-refractivity contribution is 0.297. The van der Waals surface area contributed by atoms with E-state index in [4.69, 9.17) is 9.47 Å². The molecule has 3 heteroatoms. The Morgan fingerprint density at radius 2 is 1.84 bits per heavy atom. The molecule has 1 atom stereocenters. The van der Waals surface area contributed by atoms with E-state index in [0.717, 1.165) is 37.7 Å². The summed E-state index contributed by atoms with van der Waals surface area (Å²) in [6.45, 7) is 11.4. The van der Waals surface area contributed by atoms with Gasteiger partial charge in [0.1, 0.15) is 0 Å². The Balaban J connectivity index is 2.06. The minimum absolute atomic E-state index is 0.291. The van der Waals surface area contributed by atoms with E-state index in [0.29, 0.717) is 11.5 Å². The van der Waals surface area contributed by atoms with Crippen molar-refractivity contribution in [2.75, 3.05) is 19.8 Å². The van der Waals surface area contributed by atoms with Gasteiger partial charge in [0.15, 0.2) is 11.5 Å². The summed E-state index contributed by atoms with van der Waals surface area (Å²) in [6, 6.07) is 6.55. The van der Waals surface area contributed by atoms with Crippen molar-refractivity contribution in [2.24, 2.45) is 5.41 Å². The second kappa shape index (κ2) is 5.83. The van der Waals surface area contributed by atoms with Crippen LogP contribution in [0.5, 0.6) is 11.5 Å². The summed E-state index contributed by atoms with van der Waals surface area (Å²) < 4.78 is 11.4. The Hall–Kier alpha value is -1.22. The predicted molar refractivity (Wildman–Crippen MR) is 77.9 cm³/mol. The molecule has 1 aromatic carbocycles. The molecule has 1 aromatic rings. The minimum atomic E-state index is 0.291. The Morgan fingerprint density at radius 1 is 1.16 bits per heavy atom. The van der Waals surface area contributed by atoms with Gasteiger partial charge in [0.25, 0.3) is 0 Å². The van der Waals surface area contributed by atoms with Crippen LogP contribution < -0.4 is 14.8 Å². The van der Waals surface area contributed by atoms with Gasteiger partial charge in [-0.1, -0.05) is 26.8 Å². The van der Waals surface area contributed by atoms with E-state index in [-0.39, 0.29) is 0 Å². The van der Waals surface area contributed by atoms with E-state index in [1.165, 1.54) is 5.56 Å². The van der Waals surface area contributed by atoms with Gasteiger partial charge in [-0.3, -0.25) is 0 Å². The lowest BCUT2D eigenvalue weighted by Gasteiger charge is -2.23. The lowest BCUT2D eigenvalue weighted by atomic mass is 9.96. The predicted octanol–water partition coefficient (Wildman–Crippen LogP) is 3.54. The standard InChI is InChI=1S/C16H25NO2/c1-12(17-11-16(2,3)4)13-6-7-14-15(10-13)19-9-5-8-18-14/h6-7,10,12,17H,5,8-9,11H2,1-4H3. The first-order valence-corrected chi connectivity index (χ1v) is 7.09. The molecule has 0 aliphatic carbocycles. The number of fused-ring (bicyclic) bond motifs is 1. The maximum atomic E-state index is 5.73. The van der Waals surface area contributed by atoms with Gasteiger partial charge in [0.2, 0.25) is 0 Å². The zero-order chi connectivity index (χ0) is 13.9. The molecule has 0 amide bonds. The molecular weight excluding hydrogens is 238 g/mol. The van der Waals surface area contributed by atoms with Gasteiger partial charge in [-0.05, 0) is 30.0 Å². The van der Waals surface area contributed by atoms with Crippen LogP contribution in [0.15, 0.2) is 18.2 Å². The first kappa shape index (κ1) is 14.2. The maximum Gasteiger partial charge on any atom is 0.161 e. The van der Waals surface area contributed by atoms with E-state index < -0.39 is 0 Å². The summed E-state index contributed by atoms with van der Waals surface area (Å²) in [5.74, 6) is 1.74. The van der Waals surface area contributed by atoms with Gasteiger partial charge in [-0.2, -0.15) is 0 Å². The fourth-order valence-corrected chi connectivity index (χ4v) is 2.03. The van der Waals surface area contributed by atoms with Crippen LogP contribution in [0.2, 0.25) is 0 Å². The van der Waals surface area contributed by atoms with Crippen LogP contribution in [-0.2, 0) is 0 Å². The third-order valence-electron chi connectivity index (χ3n) is 3.21. The van der Waals surface area contributed by atoms with Crippen molar-refractivity contribution in [1.82, 2.24) is 5.32 Å². The van der Waals surface area contributed by atoms with Crippen molar-refractivity contribution in [2.45, 2.75) is 40.2 Å². The molecule has 0 saturated carbocycles. The lowest BCUT2D eigenvalue weighted by Crippen LogP contribution is -2.29. The van der Waals surface area contributed by atoms with Crippen LogP contribution in [0.4, 0.5) is 0 Å². The van der Waals surface area contributed by atoms with E-state index >= 15 is 0 Å². The Kier molecular flexibility index (Phi) is 4.35. The molecule has 1 aliphatic heterocycles. The molecular formula is C16H25NO2. The average Bonchev–Trinajstić information content (AvgIpc) is 2.59. The van der Waals surface area contributed by atoms with E-state index in [1.54, 1.807) is 0 Å². The molecule has 0 fully saturated rings. The molecule has 0 saturated heterocycles. The number of hydrogen-bond acceptors (Lipinski definition) is 3. The smallest absolute Gasteiger partial charge is 0.161 e. The third-order valence-corrected chi connectivity index (χ3v) is 3.21. The van der Waals surface area contributed by atoms with Crippen molar-refractivity contribution in [1.29, 1.82) is 0 Å². The van der Waals surface area contributed by atoms with Gasteiger partial charge in [0.05, 0.1) is 13.2 Å². The van der Waals surface area contributed by atoms with Gasteiger partial charge in [-0.25, -0.2) is 0 Å². The van der Waals surface area contributed by atoms with Gasteiger partial charge in [0, 0.05) is 19.0 Å². The first-order chi connectivity index (χ1) is 8.96. The monoisotopic (exact) mass is 263 g/mol. The second-order valence-electron chi connectivity index (χ2n) is 6.42. The molecule has 0 spiro atoms. The molecule has 106 valence electrons. The van der Waals surface area contributed by atoms with Gasteiger partial charge in [-0.15, -0.1) is 0 Å².